The van der Waals surface area contributed by atoms with Crippen LogP contribution in [0.2, 0.25) is 0 Å². The van der Waals surface area contributed by atoms with E-state index in [1.165, 1.54) is 11.1 Å². The van der Waals surface area contributed by atoms with Crippen LogP contribution in [0.3, 0.4) is 0 Å². The van der Waals surface area contributed by atoms with E-state index in [0.29, 0.717) is 0 Å². The summed E-state index contributed by atoms with van der Waals surface area (Å²) in [6, 6.07) is 8.55. The molecule has 1 aromatic rings. The molecule has 0 aromatic heterocycles. The summed E-state index contributed by atoms with van der Waals surface area (Å²) in [6.07, 6.45) is 0. The third kappa shape index (κ3) is 3.73. The lowest BCUT2D eigenvalue weighted by Gasteiger charge is -2.23. The lowest BCUT2D eigenvalue weighted by molar-refractivity contribution is -0.118. The predicted molar refractivity (Wildman–Crippen MR) is 87.3 cm³/mol. The molecule has 0 bridgehead atoms. The molecule has 0 spiro atoms. The molecule has 1 heterocycles. The van der Waals surface area contributed by atoms with Crippen LogP contribution < -0.4 is 10.6 Å². The molecule has 1 aromatic carbocycles. The second kappa shape index (κ2) is 6.02. The molecule has 2 rings (SSSR count). The van der Waals surface area contributed by atoms with Crippen molar-refractivity contribution in [3.05, 3.63) is 46.5 Å². The zero-order valence-corrected chi connectivity index (χ0v) is 13.7. The Kier molecular flexibility index (Phi) is 4.52. The molecule has 3 nitrogen and oxygen atoms in total. The van der Waals surface area contributed by atoms with Gasteiger partial charge in [-0.15, -0.1) is 0 Å². The minimum absolute atomic E-state index is 0.0232. The number of amides is 1. The zero-order chi connectivity index (χ0) is 15.6. The maximum absolute atomic E-state index is 12.2. The molecule has 1 saturated heterocycles. The topological polar surface area (TPSA) is 41.1 Å². The Morgan fingerprint density at radius 2 is 1.76 bits per heavy atom. The van der Waals surface area contributed by atoms with E-state index >= 15 is 0 Å². The van der Waals surface area contributed by atoms with Gasteiger partial charge in [-0.25, -0.2) is 0 Å². The molecule has 1 aliphatic heterocycles. The molecule has 3 heteroatoms. The normalized spacial score (nSPS) is 16.1. The Balaban J connectivity index is 2.03. The summed E-state index contributed by atoms with van der Waals surface area (Å²) in [4.78, 5) is 12.2. The smallest absolute Gasteiger partial charge is 0.247 e. The molecule has 1 atom stereocenters. The van der Waals surface area contributed by atoms with Gasteiger partial charge in [-0.1, -0.05) is 45.0 Å². The standard InChI is InChI=1S/C18H26N2O/c1-12(15-10-19-11-15)17(21)20-13(2)14-6-8-16(9-7-14)18(3,4)5/h6-9,13,19H,10-11H2,1-5H3,(H,20,21). The average molecular weight is 286 g/mol. The van der Waals surface area contributed by atoms with Crippen molar-refractivity contribution in [2.24, 2.45) is 0 Å². The van der Waals surface area contributed by atoms with Gasteiger partial charge in [0.15, 0.2) is 0 Å². The summed E-state index contributed by atoms with van der Waals surface area (Å²) in [5.74, 6) is 0.0406. The molecule has 1 aliphatic rings. The van der Waals surface area contributed by atoms with Crippen molar-refractivity contribution in [1.29, 1.82) is 0 Å². The Labute approximate surface area is 127 Å². The van der Waals surface area contributed by atoms with Crippen LogP contribution in [0.5, 0.6) is 0 Å². The van der Waals surface area contributed by atoms with Crippen LogP contribution in [0.15, 0.2) is 35.4 Å². The molecular weight excluding hydrogens is 260 g/mol. The first-order chi connectivity index (χ1) is 9.79. The van der Waals surface area contributed by atoms with E-state index in [1.807, 2.05) is 13.8 Å². The number of nitrogens with one attached hydrogen (secondary N) is 2. The van der Waals surface area contributed by atoms with Crippen molar-refractivity contribution in [2.45, 2.75) is 46.1 Å². The van der Waals surface area contributed by atoms with E-state index in [0.717, 1.165) is 24.2 Å². The summed E-state index contributed by atoms with van der Waals surface area (Å²) in [7, 11) is 0. The van der Waals surface area contributed by atoms with Crippen molar-refractivity contribution < 1.29 is 4.79 Å². The fourth-order valence-corrected chi connectivity index (χ4v) is 2.34. The second-order valence-corrected chi connectivity index (χ2v) is 6.90. The lowest BCUT2D eigenvalue weighted by Crippen LogP contribution is -2.38. The first kappa shape index (κ1) is 15.8. The van der Waals surface area contributed by atoms with Crippen LogP contribution in [0.4, 0.5) is 0 Å². The zero-order valence-electron chi connectivity index (χ0n) is 13.7. The summed E-state index contributed by atoms with van der Waals surface area (Å²) in [5.41, 5.74) is 4.67. The van der Waals surface area contributed by atoms with Crippen LogP contribution in [0, 0.1) is 0 Å². The van der Waals surface area contributed by atoms with Gasteiger partial charge in [-0.3, -0.25) is 4.79 Å². The largest absolute Gasteiger partial charge is 0.346 e. The van der Waals surface area contributed by atoms with Gasteiger partial charge in [0.05, 0.1) is 6.04 Å². The van der Waals surface area contributed by atoms with E-state index in [1.54, 1.807) is 0 Å². The Hall–Kier alpha value is -1.61. The van der Waals surface area contributed by atoms with Gasteiger partial charge < -0.3 is 10.6 Å². The number of carbonyl (C=O) groups is 1. The van der Waals surface area contributed by atoms with Gasteiger partial charge in [0, 0.05) is 18.7 Å². The quantitative estimate of drug-likeness (QED) is 0.838. The van der Waals surface area contributed by atoms with Gasteiger partial charge in [-0.05, 0) is 36.0 Å². The van der Waals surface area contributed by atoms with Crippen molar-refractivity contribution in [3.63, 3.8) is 0 Å². The molecule has 0 saturated carbocycles. The maximum Gasteiger partial charge on any atom is 0.247 e. The molecule has 1 fully saturated rings. The fraction of sp³-hybridized carbons (Fsp3) is 0.500. The van der Waals surface area contributed by atoms with E-state index in [2.05, 4.69) is 55.7 Å². The van der Waals surface area contributed by atoms with Gasteiger partial charge in [0.25, 0.3) is 0 Å². The number of rotatable bonds is 3. The maximum atomic E-state index is 12.2. The molecule has 1 amide bonds. The second-order valence-electron chi connectivity index (χ2n) is 6.90. The van der Waals surface area contributed by atoms with E-state index < -0.39 is 0 Å². The number of hydrogen-bond donors (Lipinski definition) is 2. The minimum Gasteiger partial charge on any atom is -0.346 e. The van der Waals surface area contributed by atoms with Crippen molar-refractivity contribution in [3.8, 4) is 0 Å². The van der Waals surface area contributed by atoms with E-state index in [9.17, 15) is 4.79 Å². The highest BCUT2D eigenvalue weighted by atomic mass is 16.1. The lowest BCUT2D eigenvalue weighted by atomic mass is 9.86. The third-order valence-electron chi connectivity index (χ3n) is 4.17. The number of benzene rings is 1. The first-order valence-corrected chi connectivity index (χ1v) is 7.59. The number of carbonyl (C=O) groups excluding carboxylic acids is 1. The average Bonchev–Trinajstić information content (AvgIpc) is 2.35. The molecule has 1 unspecified atom stereocenters. The van der Waals surface area contributed by atoms with Crippen LogP contribution >= 0.6 is 0 Å². The highest BCUT2D eigenvalue weighted by Crippen LogP contribution is 2.24. The van der Waals surface area contributed by atoms with Crippen LogP contribution in [0.25, 0.3) is 0 Å². The van der Waals surface area contributed by atoms with Crippen molar-refractivity contribution in [2.75, 3.05) is 13.1 Å². The summed E-state index contributed by atoms with van der Waals surface area (Å²) in [5, 5.41) is 6.24. The third-order valence-corrected chi connectivity index (χ3v) is 4.17. The van der Waals surface area contributed by atoms with Gasteiger partial charge in [0.2, 0.25) is 5.91 Å². The highest BCUT2D eigenvalue weighted by molar-refractivity contribution is 5.94. The summed E-state index contributed by atoms with van der Waals surface area (Å²) in [6.45, 7) is 12.2. The Morgan fingerprint density at radius 3 is 2.19 bits per heavy atom. The summed E-state index contributed by atoms with van der Waals surface area (Å²) >= 11 is 0. The minimum atomic E-state index is 0.0232. The fourth-order valence-electron chi connectivity index (χ4n) is 2.34. The molecule has 0 radical (unpaired) electrons. The van der Waals surface area contributed by atoms with Crippen molar-refractivity contribution >= 4 is 5.91 Å². The Bertz CT molecular complexity index is 544. The Morgan fingerprint density at radius 1 is 1.19 bits per heavy atom. The van der Waals surface area contributed by atoms with Crippen LogP contribution in [-0.4, -0.2) is 19.0 Å². The monoisotopic (exact) mass is 286 g/mol. The molecular formula is C18H26N2O. The van der Waals surface area contributed by atoms with E-state index in [4.69, 9.17) is 0 Å². The molecule has 2 N–H and O–H groups in total. The summed E-state index contributed by atoms with van der Waals surface area (Å²) < 4.78 is 0. The van der Waals surface area contributed by atoms with Gasteiger partial charge in [0.1, 0.15) is 0 Å². The number of hydrogen-bond acceptors (Lipinski definition) is 2. The first-order valence-electron chi connectivity index (χ1n) is 7.59. The highest BCUT2D eigenvalue weighted by Gasteiger charge is 2.18. The molecule has 0 aliphatic carbocycles. The van der Waals surface area contributed by atoms with E-state index in [-0.39, 0.29) is 17.4 Å². The predicted octanol–water partition coefficient (Wildman–Crippen LogP) is 3.08. The van der Waals surface area contributed by atoms with Crippen LogP contribution in [0.1, 0.15) is 51.8 Å². The molecule has 21 heavy (non-hydrogen) atoms. The van der Waals surface area contributed by atoms with Gasteiger partial charge in [-0.2, -0.15) is 0 Å². The SMILES string of the molecule is CC(C(=O)NC(C)c1ccc(C(C)(C)C)cc1)=C1CNC1. The van der Waals surface area contributed by atoms with Gasteiger partial charge >= 0.3 is 0 Å². The van der Waals surface area contributed by atoms with Crippen molar-refractivity contribution in [1.82, 2.24) is 10.6 Å². The molecule has 114 valence electrons. The van der Waals surface area contributed by atoms with Crippen LogP contribution in [-0.2, 0) is 10.2 Å².